The summed E-state index contributed by atoms with van der Waals surface area (Å²) >= 11 is 5.37. The summed E-state index contributed by atoms with van der Waals surface area (Å²) in [4.78, 5) is 11.0. The van der Waals surface area contributed by atoms with Gasteiger partial charge >= 0.3 is 0 Å². The fourth-order valence-electron chi connectivity index (χ4n) is 1.17. The molecule has 90 valence electrons. The molecular weight excluding hydrogens is 240 g/mol. The molecule has 0 aliphatic carbocycles. The van der Waals surface area contributed by atoms with Crippen LogP contribution in [0.2, 0.25) is 0 Å². The molecule has 0 atom stereocenters. The minimum atomic E-state index is -0.241. The lowest BCUT2D eigenvalue weighted by Gasteiger charge is -2.06. The van der Waals surface area contributed by atoms with Crippen LogP contribution in [-0.4, -0.2) is 18.4 Å². The molecule has 0 radical (unpaired) electrons. The highest BCUT2D eigenvalue weighted by atomic mass is 35.5. The summed E-state index contributed by atoms with van der Waals surface area (Å²) < 4.78 is 5.40. The van der Waals surface area contributed by atoms with Crippen molar-refractivity contribution in [3.63, 3.8) is 0 Å². The van der Waals surface area contributed by atoms with E-state index in [4.69, 9.17) is 21.6 Å². The molecule has 1 aromatic rings. The zero-order valence-electron chi connectivity index (χ0n) is 9.28. The Kier molecular flexibility index (Phi) is 5.91. The molecule has 1 amide bonds. The van der Waals surface area contributed by atoms with Crippen molar-refractivity contribution in [2.45, 2.75) is 12.8 Å². The van der Waals surface area contributed by atoms with E-state index in [9.17, 15) is 4.79 Å². The van der Waals surface area contributed by atoms with Gasteiger partial charge in [0.15, 0.2) is 0 Å². The van der Waals surface area contributed by atoms with Crippen molar-refractivity contribution in [2.24, 2.45) is 0 Å². The van der Waals surface area contributed by atoms with Gasteiger partial charge < -0.3 is 10.1 Å². The highest BCUT2D eigenvalue weighted by Gasteiger charge is 2.00. The molecule has 0 fully saturated rings. The van der Waals surface area contributed by atoms with E-state index in [0.29, 0.717) is 30.9 Å². The van der Waals surface area contributed by atoms with E-state index < -0.39 is 0 Å². The van der Waals surface area contributed by atoms with Crippen molar-refractivity contribution >= 4 is 23.2 Å². The van der Waals surface area contributed by atoms with Gasteiger partial charge in [-0.15, -0.1) is 11.6 Å². The number of nitrogens with zero attached hydrogens (tertiary/aromatic N) is 1. The second kappa shape index (κ2) is 7.53. The van der Waals surface area contributed by atoms with E-state index in [2.05, 4.69) is 11.4 Å². The first-order valence-electron chi connectivity index (χ1n) is 5.22. The van der Waals surface area contributed by atoms with Crippen LogP contribution in [-0.2, 0) is 4.79 Å². The second-order valence-corrected chi connectivity index (χ2v) is 3.58. The maximum Gasteiger partial charge on any atom is 0.239 e. The van der Waals surface area contributed by atoms with Gasteiger partial charge in [-0.05, 0) is 30.7 Å². The van der Waals surface area contributed by atoms with Crippen LogP contribution in [0.1, 0.15) is 12.8 Å². The SMILES string of the molecule is N#CCCCOc1ccc(NC(=O)CCl)cc1. The molecule has 4 nitrogen and oxygen atoms in total. The molecule has 0 bridgehead atoms. The smallest absolute Gasteiger partial charge is 0.239 e. The van der Waals surface area contributed by atoms with Crippen molar-refractivity contribution in [1.29, 1.82) is 5.26 Å². The number of benzene rings is 1. The van der Waals surface area contributed by atoms with Crippen LogP contribution in [0.15, 0.2) is 24.3 Å². The third kappa shape index (κ3) is 5.23. The first-order chi connectivity index (χ1) is 8.26. The van der Waals surface area contributed by atoms with Crippen LogP contribution in [0.5, 0.6) is 5.75 Å². The summed E-state index contributed by atoms with van der Waals surface area (Å²) in [5.74, 6) is 0.410. The van der Waals surface area contributed by atoms with Gasteiger partial charge in [0, 0.05) is 12.1 Å². The fourth-order valence-corrected chi connectivity index (χ4v) is 1.24. The number of hydrogen-bond donors (Lipinski definition) is 1. The summed E-state index contributed by atoms with van der Waals surface area (Å²) in [5.41, 5.74) is 0.681. The number of nitrogens with one attached hydrogen (secondary N) is 1. The minimum absolute atomic E-state index is 0.0631. The predicted octanol–water partition coefficient (Wildman–Crippen LogP) is 2.55. The first-order valence-corrected chi connectivity index (χ1v) is 5.75. The van der Waals surface area contributed by atoms with Gasteiger partial charge in [0.2, 0.25) is 5.91 Å². The standard InChI is InChI=1S/C12H13ClN2O2/c13-9-12(16)15-10-3-5-11(6-4-10)17-8-2-1-7-14/h3-6H,1-2,8-9H2,(H,15,16). The number of ether oxygens (including phenoxy) is 1. The number of amides is 1. The summed E-state index contributed by atoms with van der Waals surface area (Å²) in [6.07, 6.45) is 1.20. The van der Waals surface area contributed by atoms with Gasteiger partial charge in [-0.1, -0.05) is 0 Å². The number of nitriles is 1. The molecule has 1 aromatic carbocycles. The molecule has 17 heavy (non-hydrogen) atoms. The molecule has 0 aliphatic rings. The summed E-state index contributed by atoms with van der Waals surface area (Å²) in [6.45, 7) is 0.515. The Morgan fingerprint density at radius 3 is 2.71 bits per heavy atom. The van der Waals surface area contributed by atoms with E-state index in [1.165, 1.54) is 0 Å². The van der Waals surface area contributed by atoms with Gasteiger partial charge in [-0.2, -0.15) is 5.26 Å². The Morgan fingerprint density at radius 1 is 1.41 bits per heavy atom. The molecule has 1 N–H and O–H groups in total. The maximum absolute atomic E-state index is 11.0. The van der Waals surface area contributed by atoms with Gasteiger partial charge in [0.1, 0.15) is 11.6 Å². The van der Waals surface area contributed by atoms with E-state index >= 15 is 0 Å². The van der Waals surface area contributed by atoms with Gasteiger partial charge in [-0.25, -0.2) is 0 Å². The van der Waals surface area contributed by atoms with Gasteiger partial charge in [0.25, 0.3) is 0 Å². The highest BCUT2D eigenvalue weighted by molar-refractivity contribution is 6.29. The molecule has 0 aliphatic heterocycles. The Bertz CT molecular complexity index is 398. The predicted molar refractivity (Wildman–Crippen MR) is 66.1 cm³/mol. The largest absolute Gasteiger partial charge is 0.494 e. The number of carbonyl (C=O) groups is 1. The fraction of sp³-hybridized carbons (Fsp3) is 0.333. The van der Waals surface area contributed by atoms with Crippen molar-refractivity contribution in [2.75, 3.05) is 17.8 Å². The van der Waals surface area contributed by atoms with Crippen molar-refractivity contribution < 1.29 is 9.53 Å². The molecule has 0 saturated carbocycles. The Hall–Kier alpha value is -1.73. The number of halogens is 1. The zero-order valence-corrected chi connectivity index (χ0v) is 10.0. The van der Waals surface area contributed by atoms with Crippen LogP contribution in [0.3, 0.4) is 0 Å². The Morgan fingerprint density at radius 2 is 2.12 bits per heavy atom. The van der Waals surface area contributed by atoms with E-state index in [1.54, 1.807) is 24.3 Å². The van der Waals surface area contributed by atoms with Crippen molar-refractivity contribution in [1.82, 2.24) is 0 Å². The van der Waals surface area contributed by atoms with E-state index in [1.807, 2.05) is 0 Å². The van der Waals surface area contributed by atoms with E-state index in [0.717, 1.165) is 0 Å². The van der Waals surface area contributed by atoms with Gasteiger partial charge in [0.05, 0.1) is 12.7 Å². The number of rotatable bonds is 6. The summed E-state index contributed by atoms with van der Waals surface area (Å²) in [5, 5.41) is 11.0. The first kappa shape index (κ1) is 13.3. The van der Waals surface area contributed by atoms with Crippen molar-refractivity contribution in [3.05, 3.63) is 24.3 Å². The lowest BCUT2D eigenvalue weighted by Crippen LogP contribution is -2.12. The average molecular weight is 253 g/mol. The quantitative estimate of drug-likeness (QED) is 0.625. The van der Waals surface area contributed by atoms with Crippen LogP contribution >= 0.6 is 11.6 Å². The highest BCUT2D eigenvalue weighted by Crippen LogP contribution is 2.15. The number of unbranched alkanes of at least 4 members (excludes halogenated alkanes) is 1. The maximum atomic E-state index is 11.0. The molecular formula is C12H13ClN2O2. The molecule has 0 aromatic heterocycles. The van der Waals surface area contributed by atoms with Crippen molar-refractivity contribution in [3.8, 4) is 11.8 Å². The number of carbonyl (C=O) groups excluding carboxylic acids is 1. The third-order valence-electron chi connectivity index (χ3n) is 1.96. The van der Waals surface area contributed by atoms with Gasteiger partial charge in [-0.3, -0.25) is 4.79 Å². The number of anilines is 1. The summed E-state index contributed by atoms with van der Waals surface area (Å²) in [7, 11) is 0. The molecule has 1 rings (SSSR count). The Labute approximate surface area is 105 Å². The molecule has 0 unspecified atom stereocenters. The molecule has 0 spiro atoms. The Balaban J connectivity index is 2.40. The van der Waals surface area contributed by atoms with E-state index in [-0.39, 0.29) is 11.8 Å². The monoisotopic (exact) mass is 252 g/mol. The van der Waals surface area contributed by atoms with Crippen LogP contribution in [0.4, 0.5) is 5.69 Å². The second-order valence-electron chi connectivity index (χ2n) is 3.32. The normalized spacial score (nSPS) is 9.41. The molecule has 0 saturated heterocycles. The minimum Gasteiger partial charge on any atom is -0.494 e. The van der Waals surface area contributed by atoms with Crippen LogP contribution in [0.25, 0.3) is 0 Å². The number of alkyl halides is 1. The number of hydrogen-bond acceptors (Lipinski definition) is 3. The summed E-state index contributed by atoms with van der Waals surface area (Å²) in [6, 6.07) is 9.05. The lowest BCUT2D eigenvalue weighted by molar-refractivity contribution is -0.113. The third-order valence-corrected chi connectivity index (χ3v) is 2.20. The zero-order chi connectivity index (χ0) is 12.5. The topological polar surface area (TPSA) is 62.1 Å². The average Bonchev–Trinajstić information content (AvgIpc) is 2.36. The van der Waals surface area contributed by atoms with Crippen LogP contribution in [0, 0.1) is 11.3 Å². The molecule has 0 heterocycles. The van der Waals surface area contributed by atoms with Crippen LogP contribution < -0.4 is 10.1 Å². The lowest BCUT2D eigenvalue weighted by atomic mass is 10.3. The molecule has 5 heteroatoms.